The van der Waals surface area contributed by atoms with Gasteiger partial charge in [-0.1, -0.05) is 225 Å². The molecule has 540 valence electrons. The molecule has 14 nitrogen and oxygen atoms in total. The summed E-state index contributed by atoms with van der Waals surface area (Å²) in [7, 11) is 0. The summed E-state index contributed by atoms with van der Waals surface area (Å²) in [6.45, 7) is 16.8. The zero-order valence-corrected chi connectivity index (χ0v) is 61.8. The summed E-state index contributed by atoms with van der Waals surface area (Å²) in [5.74, 6) is -2.12. The molecule has 17 rings (SSSR count). The van der Waals surface area contributed by atoms with E-state index in [9.17, 15) is 0 Å². The normalized spacial score (nSPS) is 13.5. The Hall–Kier alpha value is -13.5. The monoisotopic (exact) mass is 1440 g/mol. The second-order valence-corrected chi connectivity index (χ2v) is 29.7. The van der Waals surface area contributed by atoms with Crippen molar-refractivity contribution in [3.63, 3.8) is 0 Å². The van der Waals surface area contributed by atoms with Crippen molar-refractivity contribution in [2.45, 2.75) is 91.1 Å². The second-order valence-electron chi connectivity index (χ2n) is 29.7. The Bertz CT molecular complexity index is 5620. The molecule has 0 spiro atoms. The van der Waals surface area contributed by atoms with Gasteiger partial charge < -0.3 is 29.6 Å². The van der Waals surface area contributed by atoms with Gasteiger partial charge in [0.05, 0.1) is 22.3 Å². The maximum absolute atomic E-state index is 16.8. The van der Waals surface area contributed by atoms with Crippen molar-refractivity contribution >= 4 is 111 Å². The molecule has 0 aliphatic carbocycles. The third-order valence-electron chi connectivity index (χ3n) is 21.3. The predicted molar refractivity (Wildman–Crippen MR) is 435 cm³/mol. The van der Waals surface area contributed by atoms with Gasteiger partial charge in [-0.05, 0) is 176 Å². The topological polar surface area (TPSA) is 170 Å². The van der Waals surface area contributed by atoms with Crippen LogP contribution in [0.15, 0.2) is 267 Å². The first kappa shape index (κ1) is 69.6. The van der Waals surface area contributed by atoms with Crippen LogP contribution in [0.5, 0.6) is 46.0 Å². The standard InChI is InChI=1S/C96H76N4O10/c1-53(2)57-29-39-69(40-30-57)107-77-49-73-81-74(94(104)99(93(73)103)89(63-21-11-9-12-22-63)91(101)97-67-37-27-61-19-15-17-25-65(61)47-67)51-79(109-71-43-33-59(34-44-71)55(5)6)85-86-80(110-72-45-35-60(36-46-72)56(7)8)52-76-82-75(50-78(84(88(82)86)83(77)87(81)85)108-70-41-31-58(32-42-70)54(3)4)95(105)100(96(76)106)90(64-23-13-10-14-24-64)92(102)98-68-38-28-62-20-16-18-26-66(62)48-68/h9-56,89-90H,1-8H3,(H,97,101)(H,98,102). The molecule has 0 fully saturated rings. The number of fused-ring (bicyclic) bond motifs is 4. The summed E-state index contributed by atoms with van der Waals surface area (Å²) in [4.78, 5) is 100. The summed E-state index contributed by atoms with van der Waals surface area (Å²) in [5, 5.41) is 12.0. The van der Waals surface area contributed by atoms with E-state index < -0.39 is 47.5 Å². The number of carbonyl (C=O) groups is 6. The van der Waals surface area contributed by atoms with Gasteiger partial charge in [0.1, 0.15) is 58.1 Å². The van der Waals surface area contributed by atoms with Gasteiger partial charge in [-0.2, -0.15) is 0 Å². The van der Waals surface area contributed by atoms with Crippen LogP contribution in [0.25, 0.3) is 64.6 Å². The zero-order valence-electron chi connectivity index (χ0n) is 61.8. The summed E-state index contributed by atoms with van der Waals surface area (Å²) < 4.78 is 29.6. The highest BCUT2D eigenvalue weighted by Crippen LogP contribution is 2.59. The zero-order chi connectivity index (χ0) is 75.9. The average Bonchev–Trinajstić information content (AvgIpc) is 0.669. The lowest BCUT2D eigenvalue weighted by Gasteiger charge is -2.36. The van der Waals surface area contributed by atoms with Gasteiger partial charge in [0.15, 0.2) is 0 Å². The number of hydrogen-bond acceptors (Lipinski definition) is 10. The molecule has 0 aromatic heterocycles. The van der Waals surface area contributed by atoms with Crippen molar-refractivity contribution < 1.29 is 47.7 Å². The van der Waals surface area contributed by atoms with E-state index in [1.807, 2.05) is 170 Å². The van der Waals surface area contributed by atoms with Crippen molar-refractivity contribution in [1.29, 1.82) is 0 Å². The Morgan fingerprint density at radius 1 is 0.264 bits per heavy atom. The minimum absolute atomic E-state index is 0.00289. The first-order valence-corrected chi connectivity index (χ1v) is 37.2. The van der Waals surface area contributed by atoms with Gasteiger partial charge >= 0.3 is 0 Å². The number of imide groups is 2. The van der Waals surface area contributed by atoms with Crippen molar-refractivity contribution in [3.05, 3.63) is 323 Å². The van der Waals surface area contributed by atoms with Crippen LogP contribution in [0.3, 0.4) is 0 Å². The molecule has 0 radical (unpaired) electrons. The highest BCUT2D eigenvalue weighted by atomic mass is 16.5. The fourth-order valence-electron chi connectivity index (χ4n) is 15.6. The largest absolute Gasteiger partial charge is 0.457 e. The Labute approximate surface area is 635 Å². The van der Waals surface area contributed by atoms with Crippen molar-refractivity contribution in [2.75, 3.05) is 10.6 Å². The SMILES string of the molecule is CC(C)c1ccc(Oc2cc3c4c(cc(Oc5ccc(C(C)C)cc5)c5c6c(Oc7ccc(C(C)C)cc7)cc7c8c(cc(Oc9ccc(C(C)C)cc9)c(c2c45)c86)C(=O)N(C(C(=O)Nc2ccc4ccccc4c2)c2ccccc2)C7=O)C(=O)N(C(C(=O)Nc2ccc4ccccc4c2)c2ccccc2)C3=O)cc1. The molecule has 15 aromatic carbocycles. The fourth-order valence-corrected chi connectivity index (χ4v) is 15.6. The van der Waals surface area contributed by atoms with Crippen molar-refractivity contribution in [1.82, 2.24) is 9.80 Å². The molecular weight excluding hydrogens is 1370 g/mol. The first-order chi connectivity index (χ1) is 53.3. The maximum atomic E-state index is 16.8. The molecule has 6 amide bonds. The van der Waals surface area contributed by atoms with Crippen LogP contribution in [0.1, 0.15) is 166 Å². The summed E-state index contributed by atoms with van der Waals surface area (Å²) in [6.07, 6.45) is 0. The smallest absolute Gasteiger partial charge is 0.262 e. The Morgan fingerprint density at radius 3 is 0.782 bits per heavy atom. The van der Waals surface area contributed by atoms with Crippen LogP contribution in [0.2, 0.25) is 0 Å². The quantitative estimate of drug-likeness (QED) is 0.0425. The maximum Gasteiger partial charge on any atom is 0.262 e. The number of ether oxygens (including phenoxy) is 4. The summed E-state index contributed by atoms with van der Waals surface area (Å²) in [5.41, 5.74) is 5.73. The highest BCUT2D eigenvalue weighted by molar-refractivity contribution is 6.45. The highest BCUT2D eigenvalue weighted by Gasteiger charge is 2.47. The molecule has 2 unspecified atom stereocenters. The minimum atomic E-state index is -1.55. The lowest BCUT2D eigenvalue weighted by molar-refractivity contribution is -0.120. The van der Waals surface area contributed by atoms with Gasteiger partial charge in [0.25, 0.3) is 35.4 Å². The van der Waals surface area contributed by atoms with Crippen LogP contribution >= 0.6 is 0 Å². The number of nitrogens with one attached hydrogen (secondary N) is 2. The van der Waals surface area contributed by atoms with Gasteiger partial charge in [-0.3, -0.25) is 38.6 Å². The number of benzene rings is 15. The molecule has 15 aromatic rings. The third kappa shape index (κ3) is 12.4. The van der Waals surface area contributed by atoms with E-state index in [2.05, 4.69) is 66.0 Å². The Balaban J connectivity index is 0.992. The predicted octanol–water partition coefficient (Wildman–Crippen LogP) is 23.7. The van der Waals surface area contributed by atoms with E-state index in [4.69, 9.17) is 18.9 Å². The second kappa shape index (κ2) is 28.0. The lowest BCUT2D eigenvalue weighted by atomic mass is 9.80. The summed E-state index contributed by atoms with van der Waals surface area (Å²) in [6, 6.07) is 78.1. The Morgan fingerprint density at radius 2 is 0.518 bits per heavy atom. The molecule has 0 saturated carbocycles. The molecule has 2 N–H and O–H groups in total. The van der Waals surface area contributed by atoms with E-state index in [1.165, 1.54) is 0 Å². The number of nitrogens with zero attached hydrogens (tertiary/aromatic N) is 2. The molecule has 2 aliphatic heterocycles. The van der Waals surface area contributed by atoms with Crippen LogP contribution < -0.4 is 29.6 Å². The van der Waals surface area contributed by atoms with E-state index in [0.717, 1.165) is 53.6 Å². The van der Waals surface area contributed by atoms with Gasteiger partial charge in [0, 0.05) is 54.5 Å². The fraction of sp³-hybridized carbons (Fsp3) is 0.146. The number of anilines is 2. The minimum Gasteiger partial charge on any atom is -0.457 e. The van der Waals surface area contributed by atoms with Gasteiger partial charge in [0.2, 0.25) is 0 Å². The van der Waals surface area contributed by atoms with Gasteiger partial charge in [-0.15, -0.1) is 0 Å². The third-order valence-corrected chi connectivity index (χ3v) is 21.3. The molecule has 0 bridgehead atoms. The molecule has 2 aliphatic rings. The van der Waals surface area contributed by atoms with E-state index in [0.29, 0.717) is 77.8 Å². The van der Waals surface area contributed by atoms with Crippen LogP contribution in [-0.4, -0.2) is 45.2 Å². The van der Waals surface area contributed by atoms with E-state index >= 15 is 28.8 Å². The number of hydrogen-bond donors (Lipinski definition) is 2. The molecule has 2 heterocycles. The molecule has 14 heteroatoms. The summed E-state index contributed by atoms with van der Waals surface area (Å²) >= 11 is 0. The van der Waals surface area contributed by atoms with E-state index in [-0.39, 0.29) is 79.7 Å². The Kier molecular flexibility index (Phi) is 17.7. The lowest BCUT2D eigenvalue weighted by Crippen LogP contribution is -2.47. The van der Waals surface area contributed by atoms with Crippen LogP contribution in [0, 0.1) is 0 Å². The van der Waals surface area contributed by atoms with Gasteiger partial charge in [-0.25, -0.2) is 0 Å². The number of rotatable bonds is 20. The molecule has 110 heavy (non-hydrogen) atoms. The van der Waals surface area contributed by atoms with Crippen molar-refractivity contribution in [3.8, 4) is 46.0 Å². The molecular formula is C96H76N4O10. The molecule has 0 saturated heterocycles. The average molecular weight is 1450 g/mol. The van der Waals surface area contributed by atoms with Crippen molar-refractivity contribution in [2.24, 2.45) is 0 Å². The first-order valence-electron chi connectivity index (χ1n) is 37.2. The molecule has 2 atom stereocenters. The van der Waals surface area contributed by atoms with Crippen LogP contribution in [0.4, 0.5) is 11.4 Å². The van der Waals surface area contributed by atoms with Crippen LogP contribution in [-0.2, 0) is 9.59 Å². The number of amides is 6. The van der Waals surface area contributed by atoms with E-state index in [1.54, 1.807) is 97.1 Å². The number of carbonyl (C=O) groups excluding carboxylic acids is 6.